The van der Waals surface area contributed by atoms with Gasteiger partial charge in [-0.1, -0.05) is 23.2 Å². The lowest BCUT2D eigenvalue weighted by Crippen LogP contribution is -2.16. The first-order valence-corrected chi connectivity index (χ1v) is 7.57. The lowest BCUT2D eigenvalue weighted by molar-refractivity contribution is -0.115. The van der Waals surface area contributed by atoms with Crippen LogP contribution >= 0.6 is 23.2 Å². The molecule has 0 aliphatic carbocycles. The van der Waals surface area contributed by atoms with E-state index in [-0.39, 0.29) is 17.4 Å². The molecule has 2 N–H and O–H groups in total. The van der Waals surface area contributed by atoms with Gasteiger partial charge >= 0.3 is 0 Å². The summed E-state index contributed by atoms with van der Waals surface area (Å²) >= 11 is 11.7. The summed E-state index contributed by atoms with van der Waals surface area (Å²) in [6, 6.07) is 9.29. The monoisotopic (exact) mass is 356 g/mol. The van der Waals surface area contributed by atoms with Gasteiger partial charge in [-0.3, -0.25) is 4.79 Å². The molecule has 0 heterocycles. The van der Waals surface area contributed by atoms with E-state index in [1.165, 1.54) is 18.2 Å². The summed E-state index contributed by atoms with van der Waals surface area (Å²) in [4.78, 5) is 11.8. The summed E-state index contributed by atoms with van der Waals surface area (Å²) in [5.74, 6) is -0.148. The van der Waals surface area contributed by atoms with E-state index in [4.69, 9.17) is 27.9 Å². The van der Waals surface area contributed by atoms with Crippen molar-refractivity contribution >= 4 is 40.5 Å². The fraction of sp³-hybridized carbons (Fsp3) is 0.188. The van der Waals surface area contributed by atoms with Crippen molar-refractivity contribution in [3.8, 4) is 5.75 Å². The Morgan fingerprint density at radius 2 is 1.83 bits per heavy atom. The molecule has 4 nitrogen and oxygen atoms in total. The van der Waals surface area contributed by atoms with E-state index in [2.05, 4.69) is 10.6 Å². The van der Waals surface area contributed by atoms with Gasteiger partial charge in [-0.25, -0.2) is 4.39 Å². The second-order valence-corrected chi connectivity index (χ2v) is 5.52. The molecule has 0 atom stereocenters. The van der Waals surface area contributed by atoms with E-state index in [0.717, 1.165) is 5.69 Å². The number of benzene rings is 2. The molecular weight excluding hydrogens is 342 g/mol. The van der Waals surface area contributed by atoms with Crippen LogP contribution in [-0.2, 0) is 4.79 Å². The molecule has 7 heteroatoms. The quantitative estimate of drug-likeness (QED) is 0.796. The number of rotatable bonds is 6. The summed E-state index contributed by atoms with van der Waals surface area (Å²) in [7, 11) is 1.54. The van der Waals surface area contributed by atoms with E-state index in [0.29, 0.717) is 23.0 Å². The molecule has 2 rings (SSSR count). The van der Waals surface area contributed by atoms with E-state index in [1.54, 1.807) is 19.2 Å². The van der Waals surface area contributed by atoms with Crippen LogP contribution < -0.4 is 15.4 Å². The maximum Gasteiger partial charge on any atom is 0.226 e. The van der Waals surface area contributed by atoms with Crippen molar-refractivity contribution in [1.29, 1.82) is 0 Å². The first-order chi connectivity index (χ1) is 11.0. The van der Waals surface area contributed by atoms with E-state index < -0.39 is 5.82 Å². The molecule has 0 bridgehead atoms. The van der Waals surface area contributed by atoms with Crippen LogP contribution in [0.15, 0.2) is 36.4 Å². The maximum absolute atomic E-state index is 13.0. The normalized spacial score (nSPS) is 10.3. The zero-order valence-corrected chi connectivity index (χ0v) is 13.8. The van der Waals surface area contributed by atoms with Crippen LogP contribution in [0.4, 0.5) is 15.8 Å². The number of amides is 1. The van der Waals surface area contributed by atoms with Crippen molar-refractivity contribution in [3.63, 3.8) is 0 Å². The van der Waals surface area contributed by atoms with Gasteiger partial charge in [0.15, 0.2) is 0 Å². The summed E-state index contributed by atoms with van der Waals surface area (Å²) in [5.41, 5.74) is 1.24. The van der Waals surface area contributed by atoms with Crippen LogP contribution in [0, 0.1) is 5.82 Å². The maximum atomic E-state index is 13.0. The first-order valence-electron chi connectivity index (χ1n) is 6.82. The van der Waals surface area contributed by atoms with Gasteiger partial charge in [0.2, 0.25) is 5.91 Å². The van der Waals surface area contributed by atoms with Gasteiger partial charge < -0.3 is 15.4 Å². The molecule has 2 aromatic carbocycles. The largest absolute Gasteiger partial charge is 0.495 e. The number of ether oxygens (including phenoxy) is 1. The lowest BCUT2D eigenvalue weighted by atomic mass is 10.2. The molecule has 0 radical (unpaired) electrons. The number of halogens is 3. The fourth-order valence-electron chi connectivity index (χ4n) is 1.89. The third-order valence-electron chi connectivity index (χ3n) is 3.04. The van der Waals surface area contributed by atoms with Gasteiger partial charge in [0.25, 0.3) is 0 Å². The highest BCUT2D eigenvalue weighted by atomic mass is 35.5. The van der Waals surface area contributed by atoms with Crippen LogP contribution in [0.2, 0.25) is 10.0 Å². The van der Waals surface area contributed by atoms with Gasteiger partial charge in [0, 0.05) is 24.3 Å². The van der Waals surface area contributed by atoms with Crippen molar-refractivity contribution in [3.05, 3.63) is 52.3 Å². The van der Waals surface area contributed by atoms with Crippen LogP contribution in [-0.4, -0.2) is 19.6 Å². The van der Waals surface area contributed by atoms with Crippen molar-refractivity contribution in [2.24, 2.45) is 0 Å². The van der Waals surface area contributed by atoms with Crippen LogP contribution in [0.25, 0.3) is 0 Å². The molecule has 0 fully saturated rings. The lowest BCUT2D eigenvalue weighted by Gasteiger charge is -2.09. The number of methoxy groups -OCH3 is 1. The Balaban J connectivity index is 1.82. The summed E-state index contributed by atoms with van der Waals surface area (Å²) in [5, 5.41) is 6.19. The molecule has 0 spiro atoms. The number of nitrogens with one attached hydrogen (secondary N) is 2. The highest BCUT2D eigenvalue weighted by Crippen LogP contribution is 2.27. The Bertz CT molecular complexity index is 710. The van der Waals surface area contributed by atoms with Crippen molar-refractivity contribution < 1.29 is 13.9 Å². The highest BCUT2D eigenvalue weighted by molar-refractivity contribution is 6.32. The Morgan fingerprint density at radius 1 is 1.13 bits per heavy atom. The molecule has 0 saturated heterocycles. The Hall–Kier alpha value is -1.98. The molecule has 0 aromatic heterocycles. The van der Waals surface area contributed by atoms with Crippen LogP contribution in [0.1, 0.15) is 6.42 Å². The standard InChI is InChI=1S/C16H15Cl2FN2O2/c1-23-15-5-3-10(8-13(15)18)20-7-6-16(22)21-11-2-4-14(19)12(17)9-11/h2-5,8-9,20H,6-7H2,1H3,(H,21,22). The minimum atomic E-state index is -0.525. The first kappa shape index (κ1) is 17.4. The van der Waals surface area contributed by atoms with E-state index in [1.807, 2.05) is 6.07 Å². The molecule has 23 heavy (non-hydrogen) atoms. The SMILES string of the molecule is COc1ccc(NCCC(=O)Nc2ccc(F)c(Cl)c2)cc1Cl. The molecular formula is C16H15Cl2FN2O2. The molecule has 0 unspecified atom stereocenters. The van der Waals surface area contributed by atoms with Crippen molar-refractivity contribution in [2.75, 3.05) is 24.3 Å². The van der Waals surface area contributed by atoms with Crippen LogP contribution in [0.5, 0.6) is 5.75 Å². The zero-order chi connectivity index (χ0) is 16.8. The average molecular weight is 357 g/mol. The summed E-state index contributed by atoms with van der Waals surface area (Å²) in [6.45, 7) is 0.420. The third kappa shape index (κ3) is 5.01. The van der Waals surface area contributed by atoms with E-state index >= 15 is 0 Å². The van der Waals surface area contributed by atoms with Gasteiger partial charge in [0.05, 0.1) is 17.2 Å². The minimum absolute atomic E-state index is 0.0335. The molecule has 0 aliphatic rings. The van der Waals surface area contributed by atoms with Crippen molar-refractivity contribution in [1.82, 2.24) is 0 Å². The van der Waals surface area contributed by atoms with Gasteiger partial charge in [0.1, 0.15) is 11.6 Å². The molecule has 122 valence electrons. The van der Waals surface area contributed by atoms with Gasteiger partial charge in [-0.05, 0) is 36.4 Å². The predicted molar refractivity (Wildman–Crippen MR) is 91.2 cm³/mol. The fourth-order valence-corrected chi connectivity index (χ4v) is 2.33. The Morgan fingerprint density at radius 3 is 2.48 bits per heavy atom. The molecule has 0 saturated carbocycles. The number of carbonyl (C=O) groups excluding carboxylic acids is 1. The Kier molecular flexibility index (Phi) is 6.07. The second kappa shape index (κ2) is 8.04. The van der Waals surface area contributed by atoms with E-state index in [9.17, 15) is 9.18 Å². The van der Waals surface area contributed by atoms with Crippen LogP contribution in [0.3, 0.4) is 0 Å². The zero-order valence-electron chi connectivity index (χ0n) is 12.3. The molecule has 2 aromatic rings. The topological polar surface area (TPSA) is 50.4 Å². The number of carbonyl (C=O) groups is 1. The van der Waals surface area contributed by atoms with Gasteiger partial charge in [-0.15, -0.1) is 0 Å². The molecule has 0 aliphatic heterocycles. The minimum Gasteiger partial charge on any atom is -0.495 e. The highest BCUT2D eigenvalue weighted by Gasteiger charge is 2.06. The second-order valence-electron chi connectivity index (χ2n) is 4.70. The van der Waals surface area contributed by atoms with Crippen molar-refractivity contribution in [2.45, 2.75) is 6.42 Å². The predicted octanol–water partition coefficient (Wildman–Crippen LogP) is 4.58. The number of anilines is 2. The molecule has 1 amide bonds. The summed E-state index contributed by atoms with van der Waals surface area (Å²) < 4.78 is 18.1. The summed E-state index contributed by atoms with van der Waals surface area (Å²) in [6.07, 6.45) is 0.235. The average Bonchev–Trinajstić information content (AvgIpc) is 2.51. The number of hydrogen-bond acceptors (Lipinski definition) is 3. The Labute approximate surface area is 143 Å². The third-order valence-corrected chi connectivity index (χ3v) is 3.62. The van der Waals surface area contributed by atoms with Gasteiger partial charge in [-0.2, -0.15) is 0 Å². The smallest absolute Gasteiger partial charge is 0.226 e. The number of hydrogen-bond donors (Lipinski definition) is 2.